The molecule has 1 saturated heterocycles. The number of rotatable bonds is 2. The highest BCUT2D eigenvalue weighted by molar-refractivity contribution is 5.93. The fraction of sp³-hybridized carbons (Fsp3) is 0.238. The van der Waals surface area contributed by atoms with Gasteiger partial charge >= 0.3 is 11.6 Å². The van der Waals surface area contributed by atoms with Gasteiger partial charge in [0.15, 0.2) is 11.9 Å². The third-order valence-electron chi connectivity index (χ3n) is 6.10. The first kappa shape index (κ1) is 17.3. The van der Waals surface area contributed by atoms with Crippen LogP contribution < -0.4 is 9.88 Å². The number of nitrogens with zero attached hydrogens (tertiary/aromatic N) is 5. The van der Waals surface area contributed by atoms with Gasteiger partial charge in [0.25, 0.3) is 0 Å². The molecule has 0 bridgehead atoms. The third kappa shape index (κ3) is 2.23. The van der Waals surface area contributed by atoms with Crippen LogP contribution in [0.4, 0.5) is 4.39 Å². The van der Waals surface area contributed by atoms with Crippen molar-refractivity contribution in [2.24, 2.45) is 0 Å². The topological polar surface area (TPSA) is 82.2 Å². The minimum absolute atomic E-state index is 0.00553. The van der Waals surface area contributed by atoms with Gasteiger partial charge in [0.1, 0.15) is 11.5 Å². The Balaban J connectivity index is 1.66. The van der Waals surface area contributed by atoms with Crippen molar-refractivity contribution >= 4 is 11.6 Å². The van der Waals surface area contributed by atoms with E-state index in [1.165, 1.54) is 12.1 Å². The molecule has 1 amide bonds. The molecule has 6 rings (SSSR count). The molecule has 0 spiro atoms. The normalized spacial score (nSPS) is 20.6. The van der Waals surface area contributed by atoms with Crippen LogP contribution in [0.25, 0.3) is 28.0 Å². The molecule has 1 unspecified atom stereocenters. The average Bonchev–Trinajstić information content (AvgIpc) is 3.45. The van der Waals surface area contributed by atoms with Gasteiger partial charge in [-0.25, -0.2) is 4.39 Å². The largest absolute Gasteiger partial charge is 0.317 e. The molecule has 150 valence electrons. The standard InChI is InChI=1S/C21H19FN7O/c1-21-12-23-6-7-27(21)20(30)18-11-28-19(29(18)21)16(14-9-24-25-10-14)8-17(26-28)13-2-4-15(22)5-3-13/h2-5,8-11,23H,6-7,12H2,1H3,(H,24,25)/q+1. The number of aromatic amines is 1. The van der Waals surface area contributed by atoms with Crippen molar-refractivity contribution in [1.29, 1.82) is 0 Å². The summed E-state index contributed by atoms with van der Waals surface area (Å²) in [6.07, 6.45) is 5.36. The van der Waals surface area contributed by atoms with Gasteiger partial charge in [-0.3, -0.25) is 14.8 Å². The van der Waals surface area contributed by atoms with Gasteiger partial charge in [0.05, 0.1) is 18.3 Å². The highest BCUT2D eigenvalue weighted by Gasteiger charge is 2.55. The third-order valence-corrected chi connectivity index (χ3v) is 6.10. The maximum Gasteiger partial charge on any atom is 0.317 e. The highest BCUT2D eigenvalue weighted by atomic mass is 19.1. The Morgan fingerprint density at radius 2 is 2.07 bits per heavy atom. The quantitative estimate of drug-likeness (QED) is 0.497. The van der Waals surface area contributed by atoms with E-state index < -0.39 is 5.66 Å². The van der Waals surface area contributed by atoms with Crippen LogP contribution in [0.2, 0.25) is 0 Å². The summed E-state index contributed by atoms with van der Waals surface area (Å²) in [4.78, 5) is 15.1. The minimum atomic E-state index is -0.517. The zero-order valence-corrected chi connectivity index (χ0v) is 16.3. The number of hydrogen-bond acceptors (Lipinski definition) is 4. The van der Waals surface area contributed by atoms with Crippen LogP contribution in [0, 0.1) is 5.82 Å². The van der Waals surface area contributed by atoms with Gasteiger partial charge in [-0.15, -0.1) is 0 Å². The van der Waals surface area contributed by atoms with E-state index in [0.717, 1.165) is 28.9 Å². The van der Waals surface area contributed by atoms with Gasteiger partial charge in [-0.1, -0.05) is 9.61 Å². The van der Waals surface area contributed by atoms with Gasteiger partial charge < -0.3 is 5.32 Å². The van der Waals surface area contributed by atoms with E-state index in [1.54, 1.807) is 29.0 Å². The summed E-state index contributed by atoms with van der Waals surface area (Å²) >= 11 is 0. The molecule has 2 aliphatic rings. The molecule has 30 heavy (non-hydrogen) atoms. The minimum Gasteiger partial charge on any atom is -0.309 e. The summed E-state index contributed by atoms with van der Waals surface area (Å²) in [6, 6.07) is 8.20. The first-order chi connectivity index (χ1) is 14.6. The number of aromatic nitrogens is 5. The second-order valence-electron chi connectivity index (χ2n) is 7.91. The lowest BCUT2D eigenvalue weighted by Gasteiger charge is -2.37. The van der Waals surface area contributed by atoms with Crippen molar-refractivity contribution in [3.63, 3.8) is 0 Å². The molecule has 2 aliphatic heterocycles. The number of fused-ring (bicyclic) bond motifs is 5. The lowest BCUT2D eigenvalue weighted by Crippen LogP contribution is -2.67. The van der Waals surface area contributed by atoms with E-state index >= 15 is 0 Å². The average molecular weight is 404 g/mol. The number of carbonyl (C=O) groups is 1. The van der Waals surface area contributed by atoms with E-state index in [1.807, 2.05) is 17.2 Å². The van der Waals surface area contributed by atoms with Gasteiger partial charge in [-0.2, -0.15) is 9.67 Å². The first-order valence-corrected chi connectivity index (χ1v) is 9.83. The van der Waals surface area contributed by atoms with Crippen molar-refractivity contribution in [2.45, 2.75) is 12.6 Å². The summed E-state index contributed by atoms with van der Waals surface area (Å²) in [5.41, 5.74) is 4.17. The number of halogens is 1. The lowest BCUT2D eigenvalue weighted by molar-refractivity contribution is -0.747. The fourth-order valence-corrected chi connectivity index (χ4v) is 4.64. The molecular weight excluding hydrogens is 385 g/mol. The number of imidazole rings is 1. The summed E-state index contributed by atoms with van der Waals surface area (Å²) in [5.74, 6) is -0.292. The smallest absolute Gasteiger partial charge is 0.309 e. The molecule has 3 aromatic heterocycles. The molecule has 0 aliphatic carbocycles. The summed E-state index contributed by atoms with van der Waals surface area (Å²) in [7, 11) is 0. The zero-order chi connectivity index (χ0) is 20.5. The maximum atomic E-state index is 13.4. The molecule has 0 saturated carbocycles. The van der Waals surface area contributed by atoms with Gasteiger partial charge in [0, 0.05) is 37.3 Å². The van der Waals surface area contributed by atoms with Crippen LogP contribution in [0.1, 0.15) is 17.4 Å². The van der Waals surface area contributed by atoms with Crippen LogP contribution in [0.15, 0.2) is 48.9 Å². The first-order valence-electron chi connectivity index (χ1n) is 9.83. The van der Waals surface area contributed by atoms with Crippen LogP contribution in [0.5, 0.6) is 0 Å². The van der Waals surface area contributed by atoms with Crippen molar-refractivity contribution in [3.8, 4) is 22.4 Å². The Morgan fingerprint density at radius 3 is 2.83 bits per heavy atom. The number of H-pyrrole nitrogens is 1. The number of benzene rings is 1. The number of piperazine rings is 1. The predicted molar refractivity (Wildman–Crippen MR) is 106 cm³/mol. The highest BCUT2D eigenvalue weighted by Crippen LogP contribution is 2.33. The molecule has 0 radical (unpaired) electrons. The maximum absolute atomic E-state index is 13.4. The van der Waals surface area contributed by atoms with Crippen molar-refractivity contribution in [2.75, 3.05) is 19.6 Å². The molecule has 2 N–H and O–H groups in total. The second-order valence-corrected chi connectivity index (χ2v) is 7.91. The van der Waals surface area contributed by atoms with E-state index in [4.69, 9.17) is 5.10 Å². The van der Waals surface area contributed by atoms with Crippen LogP contribution in [-0.4, -0.2) is 50.3 Å². The molecule has 1 atom stereocenters. The Bertz CT molecular complexity index is 1300. The Morgan fingerprint density at radius 1 is 1.23 bits per heavy atom. The Labute approximate surface area is 170 Å². The van der Waals surface area contributed by atoms with E-state index in [-0.39, 0.29) is 11.7 Å². The van der Waals surface area contributed by atoms with Crippen LogP contribution in [-0.2, 0) is 5.66 Å². The molecular formula is C21H19FN7O+. The van der Waals surface area contributed by atoms with E-state index in [2.05, 4.69) is 27.0 Å². The molecule has 8 nitrogen and oxygen atoms in total. The zero-order valence-electron chi connectivity index (χ0n) is 16.3. The Hall–Kier alpha value is -3.59. The summed E-state index contributed by atoms with van der Waals surface area (Å²) < 4.78 is 17.3. The van der Waals surface area contributed by atoms with E-state index in [9.17, 15) is 9.18 Å². The molecule has 1 fully saturated rings. The fourth-order valence-electron chi connectivity index (χ4n) is 4.64. The number of hydrogen-bond donors (Lipinski definition) is 2. The second kappa shape index (κ2) is 5.96. The van der Waals surface area contributed by atoms with Crippen LogP contribution >= 0.6 is 0 Å². The Kier molecular flexibility index (Phi) is 3.43. The SMILES string of the molecule is CC12CNCCN1C(=O)c1cn3nc(-c4ccc(F)cc4)cc(-c4cn[nH]c4)c3[n+]12. The van der Waals surface area contributed by atoms with Gasteiger partial charge in [0.2, 0.25) is 5.69 Å². The van der Waals surface area contributed by atoms with E-state index in [0.29, 0.717) is 24.5 Å². The molecule has 1 aromatic carbocycles. The van der Waals surface area contributed by atoms with Crippen molar-refractivity contribution in [3.05, 3.63) is 60.4 Å². The van der Waals surface area contributed by atoms with Gasteiger partial charge in [-0.05, 0) is 30.3 Å². The molecule has 5 heterocycles. The number of amides is 1. The monoisotopic (exact) mass is 404 g/mol. The van der Waals surface area contributed by atoms with Crippen molar-refractivity contribution < 1.29 is 13.8 Å². The molecule has 9 heteroatoms. The summed E-state index contributed by atoms with van der Waals surface area (Å²) in [5, 5.41) is 15.1. The molecule has 4 aromatic rings. The lowest BCUT2D eigenvalue weighted by atomic mass is 10.1. The number of carbonyl (C=O) groups excluding carboxylic acids is 1. The predicted octanol–water partition coefficient (Wildman–Crippen LogP) is 1.55. The summed E-state index contributed by atoms with van der Waals surface area (Å²) in [6.45, 7) is 4.16. The van der Waals surface area contributed by atoms with Crippen LogP contribution in [0.3, 0.4) is 0 Å². The number of nitrogens with one attached hydrogen (secondary N) is 2. The van der Waals surface area contributed by atoms with Crippen molar-refractivity contribution in [1.82, 2.24) is 30.0 Å².